The van der Waals surface area contributed by atoms with Gasteiger partial charge in [0.25, 0.3) is 5.91 Å². The monoisotopic (exact) mass is 275 g/mol. The minimum absolute atomic E-state index is 0.202. The molecular formula is C14H14ClN3O. The number of nitrogen functional groups attached to an aromatic ring is 1. The van der Waals surface area contributed by atoms with Gasteiger partial charge in [0.05, 0.1) is 5.02 Å². The quantitative estimate of drug-likeness (QED) is 0.841. The molecule has 3 N–H and O–H groups in total. The summed E-state index contributed by atoms with van der Waals surface area (Å²) in [7, 11) is 0. The lowest BCUT2D eigenvalue weighted by Crippen LogP contribution is -2.26. The van der Waals surface area contributed by atoms with E-state index in [-0.39, 0.29) is 5.91 Å². The molecule has 0 radical (unpaired) electrons. The van der Waals surface area contributed by atoms with Gasteiger partial charge < -0.3 is 11.1 Å². The molecule has 19 heavy (non-hydrogen) atoms. The summed E-state index contributed by atoms with van der Waals surface area (Å²) >= 11 is 5.71. The first-order valence-electron chi connectivity index (χ1n) is 5.89. The van der Waals surface area contributed by atoms with Crippen LogP contribution in [-0.4, -0.2) is 17.4 Å². The number of pyridine rings is 1. The van der Waals surface area contributed by atoms with Gasteiger partial charge in [0.15, 0.2) is 0 Å². The molecule has 4 nitrogen and oxygen atoms in total. The van der Waals surface area contributed by atoms with E-state index in [0.717, 1.165) is 17.7 Å². The Morgan fingerprint density at radius 3 is 2.58 bits per heavy atom. The van der Waals surface area contributed by atoms with Gasteiger partial charge in [0, 0.05) is 18.4 Å². The van der Waals surface area contributed by atoms with Gasteiger partial charge in [0.1, 0.15) is 5.69 Å². The van der Waals surface area contributed by atoms with Crippen molar-refractivity contribution in [1.82, 2.24) is 10.3 Å². The minimum Gasteiger partial charge on any atom is -0.399 e. The van der Waals surface area contributed by atoms with Crippen LogP contribution in [0, 0.1) is 0 Å². The molecule has 1 aromatic heterocycles. The molecule has 0 aliphatic carbocycles. The average molecular weight is 276 g/mol. The van der Waals surface area contributed by atoms with E-state index in [1.54, 1.807) is 12.1 Å². The number of benzene rings is 1. The van der Waals surface area contributed by atoms with E-state index < -0.39 is 0 Å². The van der Waals surface area contributed by atoms with Crippen LogP contribution in [0.1, 0.15) is 16.1 Å². The highest BCUT2D eigenvalue weighted by molar-refractivity contribution is 6.30. The van der Waals surface area contributed by atoms with E-state index in [1.165, 1.54) is 6.20 Å². The molecule has 1 heterocycles. The third-order valence-corrected chi connectivity index (χ3v) is 2.86. The molecular weight excluding hydrogens is 262 g/mol. The van der Waals surface area contributed by atoms with Crippen LogP contribution in [0.2, 0.25) is 5.02 Å². The second-order valence-corrected chi connectivity index (χ2v) is 4.55. The number of nitrogens with zero attached hydrogens (tertiary/aromatic N) is 1. The van der Waals surface area contributed by atoms with E-state index in [9.17, 15) is 4.79 Å². The zero-order valence-electron chi connectivity index (χ0n) is 10.3. The van der Waals surface area contributed by atoms with Gasteiger partial charge in [-0.3, -0.25) is 4.79 Å². The van der Waals surface area contributed by atoms with Gasteiger partial charge >= 0.3 is 0 Å². The van der Waals surface area contributed by atoms with Gasteiger partial charge in [0.2, 0.25) is 0 Å². The lowest BCUT2D eigenvalue weighted by molar-refractivity contribution is 0.0949. The molecule has 0 aliphatic heterocycles. The maximum atomic E-state index is 11.8. The number of nitrogens with one attached hydrogen (secondary N) is 1. The van der Waals surface area contributed by atoms with Crippen LogP contribution in [0.4, 0.5) is 5.69 Å². The van der Waals surface area contributed by atoms with Gasteiger partial charge in [-0.2, -0.15) is 0 Å². The van der Waals surface area contributed by atoms with Crippen molar-refractivity contribution in [2.24, 2.45) is 0 Å². The first kappa shape index (κ1) is 13.4. The zero-order valence-corrected chi connectivity index (χ0v) is 11.0. The Morgan fingerprint density at radius 1 is 1.21 bits per heavy atom. The van der Waals surface area contributed by atoms with Gasteiger partial charge in [-0.1, -0.05) is 23.7 Å². The smallest absolute Gasteiger partial charge is 0.269 e. The molecule has 5 heteroatoms. The Labute approximate surface area is 116 Å². The van der Waals surface area contributed by atoms with Crippen LogP contribution >= 0.6 is 11.6 Å². The molecule has 98 valence electrons. The molecule has 0 aliphatic rings. The Balaban J connectivity index is 1.84. The highest BCUT2D eigenvalue weighted by Crippen LogP contribution is 2.07. The standard InChI is InChI=1S/C14H14ClN3O/c15-11-3-6-13(18-9-11)14(19)17-8-7-10-1-4-12(16)5-2-10/h1-6,9H,7-8,16H2,(H,17,19). The average Bonchev–Trinajstić information content (AvgIpc) is 2.41. The van der Waals surface area contributed by atoms with Crippen molar-refractivity contribution in [2.45, 2.75) is 6.42 Å². The molecule has 0 unspecified atom stereocenters. The maximum Gasteiger partial charge on any atom is 0.269 e. The van der Waals surface area contributed by atoms with Crippen molar-refractivity contribution in [3.63, 3.8) is 0 Å². The molecule has 1 amide bonds. The number of halogens is 1. The van der Waals surface area contributed by atoms with Gasteiger partial charge in [-0.15, -0.1) is 0 Å². The molecule has 0 spiro atoms. The fourth-order valence-electron chi connectivity index (χ4n) is 1.61. The number of carbonyl (C=O) groups excluding carboxylic acids is 1. The van der Waals surface area contributed by atoms with Crippen LogP contribution in [-0.2, 0) is 6.42 Å². The number of nitrogens with two attached hydrogens (primary N) is 1. The molecule has 0 saturated heterocycles. The van der Waals surface area contributed by atoms with Crippen LogP contribution in [0.15, 0.2) is 42.6 Å². The number of amides is 1. The molecule has 0 fully saturated rings. The van der Waals surface area contributed by atoms with Crippen LogP contribution in [0.3, 0.4) is 0 Å². The Hall–Kier alpha value is -2.07. The van der Waals surface area contributed by atoms with Crippen LogP contribution < -0.4 is 11.1 Å². The van der Waals surface area contributed by atoms with Crippen LogP contribution in [0.25, 0.3) is 0 Å². The van der Waals surface area contributed by atoms with Gasteiger partial charge in [-0.05, 0) is 36.2 Å². The second kappa shape index (κ2) is 6.20. The van der Waals surface area contributed by atoms with Crippen LogP contribution in [0.5, 0.6) is 0 Å². The second-order valence-electron chi connectivity index (χ2n) is 4.11. The summed E-state index contributed by atoms with van der Waals surface area (Å²) < 4.78 is 0. The third kappa shape index (κ3) is 3.96. The van der Waals surface area contributed by atoms with E-state index in [0.29, 0.717) is 17.3 Å². The highest BCUT2D eigenvalue weighted by Gasteiger charge is 2.05. The number of hydrogen-bond acceptors (Lipinski definition) is 3. The summed E-state index contributed by atoms with van der Waals surface area (Å²) in [4.78, 5) is 15.7. The molecule has 1 aromatic carbocycles. The summed E-state index contributed by atoms with van der Waals surface area (Å²) in [6.45, 7) is 0.549. The van der Waals surface area contributed by atoms with E-state index >= 15 is 0 Å². The normalized spacial score (nSPS) is 10.2. The number of anilines is 1. The summed E-state index contributed by atoms with van der Waals surface area (Å²) in [5.74, 6) is -0.202. The summed E-state index contributed by atoms with van der Waals surface area (Å²) in [5, 5.41) is 3.32. The van der Waals surface area contributed by atoms with Gasteiger partial charge in [-0.25, -0.2) is 4.98 Å². The van der Waals surface area contributed by atoms with E-state index in [1.807, 2.05) is 24.3 Å². The maximum absolute atomic E-state index is 11.8. The first-order valence-corrected chi connectivity index (χ1v) is 6.27. The lowest BCUT2D eigenvalue weighted by atomic mass is 10.1. The Morgan fingerprint density at radius 2 is 1.95 bits per heavy atom. The van der Waals surface area contributed by atoms with E-state index in [2.05, 4.69) is 10.3 Å². The summed E-state index contributed by atoms with van der Waals surface area (Å²) in [6, 6.07) is 10.8. The Bertz CT molecular complexity index is 552. The fourth-order valence-corrected chi connectivity index (χ4v) is 1.72. The molecule has 0 bridgehead atoms. The van der Waals surface area contributed by atoms with Crippen molar-refractivity contribution in [3.05, 3.63) is 58.9 Å². The number of carbonyl (C=O) groups is 1. The molecule has 2 rings (SSSR count). The summed E-state index contributed by atoms with van der Waals surface area (Å²) in [6.07, 6.45) is 2.20. The third-order valence-electron chi connectivity index (χ3n) is 2.64. The topological polar surface area (TPSA) is 68.0 Å². The number of hydrogen-bond donors (Lipinski definition) is 2. The number of rotatable bonds is 4. The fraction of sp³-hybridized carbons (Fsp3) is 0.143. The lowest BCUT2D eigenvalue weighted by Gasteiger charge is -2.05. The molecule has 2 aromatic rings. The largest absolute Gasteiger partial charge is 0.399 e. The van der Waals surface area contributed by atoms with Crippen molar-refractivity contribution in [2.75, 3.05) is 12.3 Å². The van der Waals surface area contributed by atoms with Crippen molar-refractivity contribution < 1.29 is 4.79 Å². The summed E-state index contributed by atoms with van der Waals surface area (Å²) in [5.41, 5.74) is 7.82. The minimum atomic E-state index is -0.202. The molecule has 0 saturated carbocycles. The van der Waals surface area contributed by atoms with Crippen molar-refractivity contribution >= 4 is 23.2 Å². The highest BCUT2D eigenvalue weighted by atomic mass is 35.5. The zero-order chi connectivity index (χ0) is 13.7. The van der Waals surface area contributed by atoms with E-state index in [4.69, 9.17) is 17.3 Å². The first-order chi connectivity index (χ1) is 9.15. The number of aromatic nitrogens is 1. The predicted molar refractivity (Wildman–Crippen MR) is 76.1 cm³/mol. The molecule has 0 atom stereocenters. The SMILES string of the molecule is Nc1ccc(CCNC(=O)c2ccc(Cl)cn2)cc1. The predicted octanol–water partition coefficient (Wildman–Crippen LogP) is 2.29. The Kier molecular flexibility index (Phi) is 4.36. The van der Waals surface area contributed by atoms with Crippen molar-refractivity contribution in [1.29, 1.82) is 0 Å². The van der Waals surface area contributed by atoms with Crippen molar-refractivity contribution in [3.8, 4) is 0 Å².